The first kappa shape index (κ1) is 20.0. The highest BCUT2D eigenvalue weighted by molar-refractivity contribution is 7.19. The van der Waals surface area contributed by atoms with Crippen molar-refractivity contribution < 1.29 is 9.84 Å². The van der Waals surface area contributed by atoms with Crippen LogP contribution >= 0.6 is 11.3 Å². The number of aliphatic hydroxyl groups is 1. The number of aliphatic hydroxyl groups excluding tert-OH is 1. The molecule has 5 nitrogen and oxygen atoms in total. The topological polar surface area (TPSA) is 58.5 Å². The van der Waals surface area contributed by atoms with E-state index in [-0.39, 0.29) is 12.2 Å². The van der Waals surface area contributed by atoms with Crippen LogP contribution in [0, 0.1) is 0 Å². The third-order valence-corrected chi connectivity index (χ3v) is 8.24. The predicted octanol–water partition coefficient (Wildman–Crippen LogP) is 4.52. The van der Waals surface area contributed by atoms with Gasteiger partial charge < -0.3 is 14.7 Å². The molecule has 0 aliphatic heterocycles. The van der Waals surface area contributed by atoms with E-state index in [1.807, 2.05) is 6.92 Å². The van der Waals surface area contributed by atoms with Crippen molar-refractivity contribution in [3.8, 4) is 5.88 Å². The minimum Gasteiger partial charge on any atom is -0.474 e. The molecule has 154 valence electrons. The molecule has 2 atom stereocenters. The van der Waals surface area contributed by atoms with Crippen molar-refractivity contribution in [1.82, 2.24) is 14.9 Å². The van der Waals surface area contributed by atoms with E-state index in [1.165, 1.54) is 29.7 Å². The van der Waals surface area contributed by atoms with E-state index in [0.29, 0.717) is 11.5 Å². The fourth-order valence-corrected chi connectivity index (χ4v) is 6.53. The normalized spacial score (nSPS) is 28.6. The number of hydrogen-bond donors (Lipinski definition) is 1. The van der Waals surface area contributed by atoms with Gasteiger partial charge in [-0.05, 0) is 83.9 Å². The van der Waals surface area contributed by atoms with Gasteiger partial charge in [-0.2, -0.15) is 0 Å². The number of ether oxygens (including phenoxy) is 1. The summed E-state index contributed by atoms with van der Waals surface area (Å²) < 4.78 is 6.50. The second-order valence-electron chi connectivity index (χ2n) is 8.91. The molecule has 0 spiro atoms. The zero-order valence-electron chi connectivity index (χ0n) is 17.6. The molecule has 1 fully saturated rings. The molecule has 1 saturated carbocycles. The Balaban J connectivity index is 1.57. The highest BCUT2D eigenvalue weighted by Crippen LogP contribution is 2.48. The average molecular weight is 404 g/mol. The molecule has 1 unspecified atom stereocenters. The van der Waals surface area contributed by atoms with Gasteiger partial charge in [0, 0.05) is 10.4 Å². The third kappa shape index (κ3) is 3.55. The van der Waals surface area contributed by atoms with Crippen LogP contribution < -0.4 is 4.74 Å². The number of aryl methyl sites for hydroxylation is 1. The minimum absolute atomic E-state index is 0.227. The Labute approximate surface area is 172 Å². The van der Waals surface area contributed by atoms with E-state index in [2.05, 4.69) is 35.9 Å². The Morgan fingerprint density at radius 1 is 1.29 bits per heavy atom. The molecule has 0 radical (unpaired) electrons. The van der Waals surface area contributed by atoms with Crippen molar-refractivity contribution in [3.63, 3.8) is 0 Å². The summed E-state index contributed by atoms with van der Waals surface area (Å²) in [6.45, 7) is 4.18. The highest BCUT2D eigenvalue weighted by Gasteiger charge is 2.37. The first-order valence-electron chi connectivity index (χ1n) is 10.7. The van der Waals surface area contributed by atoms with Crippen molar-refractivity contribution in [2.24, 2.45) is 0 Å². The number of thiophene rings is 1. The van der Waals surface area contributed by atoms with Crippen LogP contribution in [0.25, 0.3) is 10.2 Å². The van der Waals surface area contributed by atoms with Gasteiger partial charge in [-0.1, -0.05) is 6.92 Å². The summed E-state index contributed by atoms with van der Waals surface area (Å²) >= 11 is 1.78. The van der Waals surface area contributed by atoms with Gasteiger partial charge in [0.25, 0.3) is 0 Å². The SMILES string of the molecule is CCC1(N(C)C)CCC(Oc2ncnc3sc4c(c23)C(C[C@H](C)O)CC4)CC1. The zero-order valence-corrected chi connectivity index (χ0v) is 18.4. The molecule has 0 bridgehead atoms. The zero-order chi connectivity index (χ0) is 19.9. The van der Waals surface area contributed by atoms with E-state index in [1.54, 1.807) is 17.7 Å². The molecule has 28 heavy (non-hydrogen) atoms. The number of fused-ring (bicyclic) bond motifs is 3. The van der Waals surface area contributed by atoms with Crippen LogP contribution in [0.3, 0.4) is 0 Å². The van der Waals surface area contributed by atoms with Gasteiger partial charge in [0.1, 0.15) is 17.3 Å². The Hall–Kier alpha value is -1.24. The second-order valence-corrected chi connectivity index (χ2v) is 9.99. The summed E-state index contributed by atoms with van der Waals surface area (Å²) in [6.07, 6.45) is 10.2. The largest absolute Gasteiger partial charge is 0.474 e. The van der Waals surface area contributed by atoms with Crippen LogP contribution in [-0.2, 0) is 6.42 Å². The van der Waals surface area contributed by atoms with Gasteiger partial charge in [-0.3, -0.25) is 0 Å². The first-order chi connectivity index (χ1) is 13.4. The molecule has 6 heteroatoms. The third-order valence-electron chi connectivity index (χ3n) is 7.07. The second kappa shape index (κ2) is 7.88. The van der Waals surface area contributed by atoms with Gasteiger partial charge in [0.15, 0.2) is 0 Å². The standard InChI is InChI=1S/C22H33N3O2S/c1-5-22(25(3)4)10-8-16(9-11-22)27-20-19-18-15(12-14(2)26)6-7-17(18)28-21(19)24-13-23-20/h13-16,26H,5-12H2,1-4H3/t14-,15?,16?,22?/m0/s1. The first-order valence-corrected chi connectivity index (χ1v) is 11.5. The Morgan fingerprint density at radius 2 is 2.04 bits per heavy atom. The van der Waals surface area contributed by atoms with E-state index in [4.69, 9.17) is 4.74 Å². The fraction of sp³-hybridized carbons (Fsp3) is 0.727. The van der Waals surface area contributed by atoms with Crippen LogP contribution in [-0.4, -0.2) is 51.8 Å². The Kier molecular flexibility index (Phi) is 5.64. The van der Waals surface area contributed by atoms with Gasteiger partial charge in [-0.15, -0.1) is 11.3 Å². The maximum atomic E-state index is 9.93. The van der Waals surface area contributed by atoms with Crippen molar-refractivity contribution in [1.29, 1.82) is 0 Å². The van der Waals surface area contributed by atoms with Crippen LogP contribution in [0.5, 0.6) is 5.88 Å². The summed E-state index contributed by atoms with van der Waals surface area (Å²) in [5.41, 5.74) is 1.66. The highest BCUT2D eigenvalue weighted by atomic mass is 32.1. The maximum absolute atomic E-state index is 9.93. The lowest BCUT2D eigenvalue weighted by Gasteiger charge is -2.44. The molecule has 2 aliphatic rings. The molecule has 4 rings (SSSR count). The van der Waals surface area contributed by atoms with Crippen molar-refractivity contribution >= 4 is 21.6 Å². The molecule has 0 aromatic carbocycles. The lowest BCUT2D eigenvalue weighted by Crippen LogP contribution is -2.48. The molecular weight excluding hydrogens is 370 g/mol. The minimum atomic E-state index is -0.286. The number of aromatic nitrogens is 2. The van der Waals surface area contributed by atoms with Crippen LogP contribution in [0.2, 0.25) is 0 Å². The Bertz CT molecular complexity index is 825. The molecule has 1 N–H and O–H groups in total. The molecule has 0 amide bonds. The maximum Gasteiger partial charge on any atom is 0.225 e. The lowest BCUT2D eigenvalue weighted by molar-refractivity contribution is 0.0402. The average Bonchev–Trinajstić information content (AvgIpc) is 3.22. The number of hydrogen-bond acceptors (Lipinski definition) is 6. The van der Waals surface area contributed by atoms with Crippen LogP contribution in [0.15, 0.2) is 6.33 Å². The van der Waals surface area contributed by atoms with Gasteiger partial charge in [-0.25, -0.2) is 9.97 Å². The predicted molar refractivity (Wildman–Crippen MR) is 114 cm³/mol. The van der Waals surface area contributed by atoms with E-state index in [9.17, 15) is 5.11 Å². The molecular formula is C22H33N3O2S. The lowest BCUT2D eigenvalue weighted by atomic mass is 9.77. The van der Waals surface area contributed by atoms with Crippen LogP contribution in [0.1, 0.15) is 75.2 Å². The van der Waals surface area contributed by atoms with Crippen molar-refractivity contribution in [3.05, 3.63) is 16.8 Å². The summed E-state index contributed by atoms with van der Waals surface area (Å²) in [6, 6.07) is 0. The van der Waals surface area contributed by atoms with Gasteiger partial charge in [0.2, 0.25) is 5.88 Å². The molecule has 2 heterocycles. The molecule has 2 aliphatic carbocycles. The van der Waals surface area contributed by atoms with E-state index in [0.717, 1.165) is 48.2 Å². The van der Waals surface area contributed by atoms with Gasteiger partial charge in [0.05, 0.1) is 11.5 Å². The van der Waals surface area contributed by atoms with Gasteiger partial charge >= 0.3 is 0 Å². The van der Waals surface area contributed by atoms with Crippen molar-refractivity contribution in [2.45, 2.75) is 88.9 Å². The van der Waals surface area contributed by atoms with Crippen molar-refractivity contribution in [2.75, 3.05) is 14.1 Å². The van der Waals surface area contributed by atoms with E-state index >= 15 is 0 Å². The monoisotopic (exact) mass is 403 g/mol. The summed E-state index contributed by atoms with van der Waals surface area (Å²) in [7, 11) is 4.41. The molecule has 2 aromatic rings. The smallest absolute Gasteiger partial charge is 0.225 e. The van der Waals surface area contributed by atoms with Crippen LogP contribution in [0.4, 0.5) is 0 Å². The molecule has 0 saturated heterocycles. The number of nitrogens with zero attached hydrogens (tertiary/aromatic N) is 3. The number of rotatable bonds is 6. The summed E-state index contributed by atoms with van der Waals surface area (Å²) in [4.78, 5) is 13.9. The fourth-order valence-electron chi connectivity index (χ4n) is 5.30. The Morgan fingerprint density at radius 3 is 2.68 bits per heavy atom. The quantitative estimate of drug-likeness (QED) is 0.768. The van der Waals surface area contributed by atoms with E-state index < -0.39 is 0 Å². The summed E-state index contributed by atoms with van der Waals surface area (Å²) in [5, 5.41) is 11.0. The molecule has 2 aromatic heterocycles. The summed E-state index contributed by atoms with van der Waals surface area (Å²) in [5.74, 6) is 1.16.